The van der Waals surface area contributed by atoms with Gasteiger partial charge in [0.25, 0.3) is 5.91 Å². The number of carbonyl (C=O) groups excluding carboxylic acids is 1. The average molecular weight is 376 g/mol. The maximum absolute atomic E-state index is 12.4. The molecule has 0 atom stereocenters. The van der Waals surface area contributed by atoms with E-state index in [2.05, 4.69) is 29.6 Å². The zero-order valence-electron chi connectivity index (χ0n) is 15.4. The fourth-order valence-corrected chi connectivity index (χ4v) is 3.51. The smallest absolute Gasteiger partial charge is 0.260 e. The van der Waals surface area contributed by atoms with Crippen molar-refractivity contribution in [2.24, 2.45) is 5.92 Å². The summed E-state index contributed by atoms with van der Waals surface area (Å²) in [5, 5.41) is 0.657. The van der Waals surface area contributed by atoms with Crippen LogP contribution in [0.2, 0.25) is 5.02 Å². The van der Waals surface area contributed by atoms with Crippen molar-refractivity contribution in [1.82, 2.24) is 14.5 Å². The summed E-state index contributed by atoms with van der Waals surface area (Å²) in [6, 6.07) is 7.07. The lowest BCUT2D eigenvalue weighted by molar-refractivity contribution is -0.134. The summed E-state index contributed by atoms with van der Waals surface area (Å²) < 4.78 is 7.83. The SMILES string of the molecule is CC(C)c1nccn1CC1CCN(C(=O)COc2ccc(Cl)cc2)CC1. The molecule has 3 rings (SSSR count). The number of piperidine rings is 1. The van der Waals surface area contributed by atoms with Crippen LogP contribution in [0.25, 0.3) is 0 Å². The summed E-state index contributed by atoms with van der Waals surface area (Å²) in [6.45, 7) is 6.97. The number of rotatable bonds is 6. The zero-order valence-corrected chi connectivity index (χ0v) is 16.2. The van der Waals surface area contributed by atoms with Gasteiger partial charge in [0.15, 0.2) is 6.61 Å². The van der Waals surface area contributed by atoms with Crippen molar-refractivity contribution in [3.8, 4) is 5.75 Å². The molecule has 1 fully saturated rings. The second-order valence-corrected chi connectivity index (χ2v) is 7.60. The number of hydrogen-bond acceptors (Lipinski definition) is 3. The van der Waals surface area contributed by atoms with E-state index in [0.29, 0.717) is 22.6 Å². The molecule has 26 heavy (non-hydrogen) atoms. The number of likely N-dealkylation sites (tertiary alicyclic amines) is 1. The Hall–Kier alpha value is -2.01. The van der Waals surface area contributed by atoms with Gasteiger partial charge in [-0.3, -0.25) is 4.79 Å². The molecule has 5 nitrogen and oxygen atoms in total. The van der Waals surface area contributed by atoms with Crippen molar-refractivity contribution in [2.75, 3.05) is 19.7 Å². The van der Waals surface area contributed by atoms with Crippen LogP contribution >= 0.6 is 11.6 Å². The van der Waals surface area contributed by atoms with Gasteiger partial charge in [0, 0.05) is 43.0 Å². The van der Waals surface area contributed by atoms with Gasteiger partial charge in [-0.2, -0.15) is 0 Å². The maximum Gasteiger partial charge on any atom is 0.260 e. The standard InChI is InChI=1S/C20H26ClN3O2/c1-15(2)20-22-9-12-24(20)13-16-7-10-23(11-8-16)19(25)14-26-18-5-3-17(21)4-6-18/h3-6,9,12,15-16H,7-8,10-11,13-14H2,1-2H3. The molecule has 1 aliphatic rings. The van der Waals surface area contributed by atoms with Gasteiger partial charge < -0.3 is 14.2 Å². The largest absolute Gasteiger partial charge is 0.484 e. The lowest BCUT2D eigenvalue weighted by atomic mass is 9.96. The third kappa shape index (κ3) is 4.79. The quantitative estimate of drug-likeness (QED) is 0.767. The number of amides is 1. The zero-order chi connectivity index (χ0) is 18.5. The molecule has 0 unspecified atom stereocenters. The molecule has 0 bridgehead atoms. The Labute approximate surface area is 159 Å². The summed E-state index contributed by atoms with van der Waals surface area (Å²) >= 11 is 5.85. The van der Waals surface area contributed by atoms with Crippen molar-refractivity contribution in [2.45, 2.75) is 39.2 Å². The second kappa shape index (κ2) is 8.58. The van der Waals surface area contributed by atoms with Crippen LogP contribution in [0.5, 0.6) is 5.75 Å². The average Bonchev–Trinajstić information content (AvgIpc) is 3.10. The van der Waals surface area contributed by atoms with Crippen LogP contribution in [-0.4, -0.2) is 40.1 Å². The molecule has 0 N–H and O–H groups in total. The van der Waals surface area contributed by atoms with Crippen LogP contribution in [-0.2, 0) is 11.3 Å². The van der Waals surface area contributed by atoms with Gasteiger partial charge in [0.1, 0.15) is 11.6 Å². The van der Waals surface area contributed by atoms with Crippen molar-refractivity contribution < 1.29 is 9.53 Å². The van der Waals surface area contributed by atoms with E-state index >= 15 is 0 Å². The van der Waals surface area contributed by atoms with Crippen molar-refractivity contribution in [1.29, 1.82) is 0 Å². The van der Waals surface area contributed by atoms with E-state index in [-0.39, 0.29) is 12.5 Å². The Morgan fingerprint density at radius 2 is 1.96 bits per heavy atom. The minimum absolute atomic E-state index is 0.0453. The molecule has 1 saturated heterocycles. The number of aromatic nitrogens is 2. The number of hydrogen-bond donors (Lipinski definition) is 0. The van der Waals surface area contributed by atoms with Crippen molar-refractivity contribution in [3.05, 3.63) is 47.5 Å². The number of benzene rings is 1. The predicted molar refractivity (Wildman–Crippen MR) is 103 cm³/mol. The van der Waals surface area contributed by atoms with E-state index < -0.39 is 0 Å². The van der Waals surface area contributed by atoms with Crippen LogP contribution < -0.4 is 4.74 Å². The first-order valence-electron chi connectivity index (χ1n) is 9.20. The summed E-state index contributed by atoms with van der Waals surface area (Å²) in [5.74, 6) is 2.86. The highest BCUT2D eigenvalue weighted by molar-refractivity contribution is 6.30. The van der Waals surface area contributed by atoms with E-state index in [4.69, 9.17) is 16.3 Å². The first kappa shape index (κ1) is 18.8. The van der Waals surface area contributed by atoms with Gasteiger partial charge in [-0.15, -0.1) is 0 Å². The molecule has 140 valence electrons. The Morgan fingerprint density at radius 3 is 2.62 bits per heavy atom. The summed E-state index contributed by atoms with van der Waals surface area (Å²) in [6.07, 6.45) is 5.97. The van der Waals surface area contributed by atoms with Gasteiger partial charge in [-0.05, 0) is 43.0 Å². The normalized spacial score (nSPS) is 15.5. The topological polar surface area (TPSA) is 47.4 Å². The number of carbonyl (C=O) groups is 1. The monoisotopic (exact) mass is 375 g/mol. The van der Waals surface area contributed by atoms with Crippen LogP contribution in [0, 0.1) is 5.92 Å². The summed E-state index contributed by atoms with van der Waals surface area (Å²) in [7, 11) is 0. The third-order valence-electron chi connectivity index (χ3n) is 4.86. The highest BCUT2D eigenvalue weighted by Gasteiger charge is 2.24. The fraction of sp³-hybridized carbons (Fsp3) is 0.500. The summed E-state index contributed by atoms with van der Waals surface area (Å²) in [4.78, 5) is 18.7. The highest BCUT2D eigenvalue weighted by Crippen LogP contribution is 2.22. The lowest BCUT2D eigenvalue weighted by Gasteiger charge is -2.32. The van der Waals surface area contributed by atoms with Crippen molar-refractivity contribution >= 4 is 17.5 Å². The molecule has 6 heteroatoms. The molecule has 1 aliphatic heterocycles. The van der Waals surface area contributed by atoms with Crippen LogP contribution in [0.4, 0.5) is 0 Å². The highest BCUT2D eigenvalue weighted by atomic mass is 35.5. The van der Waals surface area contributed by atoms with E-state index in [9.17, 15) is 4.79 Å². The minimum atomic E-state index is 0.0453. The fourth-order valence-electron chi connectivity index (χ4n) is 3.39. The first-order valence-corrected chi connectivity index (χ1v) is 9.58. The Bertz CT molecular complexity index is 719. The van der Waals surface area contributed by atoms with Crippen molar-refractivity contribution in [3.63, 3.8) is 0 Å². The molecule has 0 aliphatic carbocycles. The number of nitrogens with zero attached hydrogens (tertiary/aromatic N) is 3. The Balaban J connectivity index is 1.45. The van der Waals surface area contributed by atoms with Gasteiger partial charge in [0.2, 0.25) is 0 Å². The Kier molecular flexibility index (Phi) is 6.20. The molecular weight excluding hydrogens is 350 g/mol. The first-order chi connectivity index (χ1) is 12.5. The van der Waals surface area contributed by atoms with E-state index in [1.54, 1.807) is 24.3 Å². The lowest BCUT2D eigenvalue weighted by Crippen LogP contribution is -2.41. The molecule has 1 aromatic heterocycles. The van der Waals surface area contributed by atoms with Crippen LogP contribution in [0.15, 0.2) is 36.7 Å². The molecule has 0 spiro atoms. The van der Waals surface area contributed by atoms with Gasteiger partial charge >= 0.3 is 0 Å². The molecule has 1 aromatic carbocycles. The second-order valence-electron chi connectivity index (χ2n) is 7.16. The number of imidazole rings is 1. The maximum atomic E-state index is 12.4. The van der Waals surface area contributed by atoms with Gasteiger partial charge in [-0.25, -0.2) is 4.98 Å². The minimum Gasteiger partial charge on any atom is -0.484 e. The van der Waals surface area contributed by atoms with Gasteiger partial charge in [-0.1, -0.05) is 25.4 Å². The molecule has 0 saturated carbocycles. The summed E-state index contributed by atoms with van der Waals surface area (Å²) in [5.41, 5.74) is 0. The molecule has 0 radical (unpaired) electrons. The Morgan fingerprint density at radius 1 is 1.27 bits per heavy atom. The molecular formula is C20H26ClN3O2. The van der Waals surface area contributed by atoms with E-state index in [1.807, 2.05) is 11.1 Å². The predicted octanol–water partition coefficient (Wildman–Crippen LogP) is 3.98. The van der Waals surface area contributed by atoms with E-state index in [0.717, 1.165) is 38.3 Å². The van der Waals surface area contributed by atoms with E-state index in [1.165, 1.54) is 0 Å². The van der Waals surface area contributed by atoms with Crippen LogP contribution in [0.1, 0.15) is 38.4 Å². The third-order valence-corrected chi connectivity index (χ3v) is 5.11. The molecule has 2 aromatic rings. The molecule has 2 heterocycles. The number of ether oxygens (including phenoxy) is 1. The van der Waals surface area contributed by atoms with Crippen LogP contribution in [0.3, 0.4) is 0 Å². The molecule has 1 amide bonds. The number of halogens is 1. The van der Waals surface area contributed by atoms with Gasteiger partial charge in [0.05, 0.1) is 0 Å².